The first-order valence-electron chi connectivity index (χ1n) is 9.16. The van der Waals surface area contributed by atoms with Crippen LogP contribution in [0.2, 0.25) is 0 Å². The van der Waals surface area contributed by atoms with E-state index in [9.17, 15) is 9.59 Å². The maximum absolute atomic E-state index is 12.3. The van der Waals surface area contributed by atoms with Crippen molar-refractivity contribution in [3.63, 3.8) is 0 Å². The molecule has 1 aliphatic heterocycles. The van der Waals surface area contributed by atoms with Gasteiger partial charge in [0, 0.05) is 30.4 Å². The summed E-state index contributed by atoms with van der Waals surface area (Å²) < 4.78 is 5.11. The number of rotatable bonds is 6. The Hall–Kier alpha value is -2.86. The van der Waals surface area contributed by atoms with Gasteiger partial charge in [0.25, 0.3) is 5.91 Å². The molecule has 2 aromatic carbocycles. The number of benzene rings is 2. The van der Waals surface area contributed by atoms with Crippen molar-refractivity contribution in [1.29, 1.82) is 0 Å². The fourth-order valence-corrected chi connectivity index (χ4v) is 3.17. The highest BCUT2D eigenvalue weighted by atomic mass is 16.5. The molecule has 0 unspecified atom stereocenters. The SMILES string of the molecule is COc1ccc(C(=O)NC2CCN(CC(=O)Nc3ccccc3)CC2)cc1. The zero-order chi connectivity index (χ0) is 19.1. The van der Waals surface area contributed by atoms with Gasteiger partial charge in [0.1, 0.15) is 5.75 Å². The van der Waals surface area contributed by atoms with Gasteiger partial charge in [0.05, 0.1) is 13.7 Å². The molecule has 2 N–H and O–H groups in total. The fourth-order valence-electron chi connectivity index (χ4n) is 3.17. The number of carbonyl (C=O) groups excluding carboxylic acids is 2. The van der Waals surface area contributed by atoms with E-state index in [0.29, 0.717) is 12.1 Å². The Morgan fingerprint density at radius 2 is 1.70 bits per heavy atom. The molecule has 3 rings (SSSR count). The van der Waals surface area contributed by atoms with E-state index in [2.05, 4.69) is 15.5 Å². The molecular weight excluding hydrogens is 342 g/mol. The van der Waals surface area contributed by atoms with Crippen molar-refractivity contribution in [3.8, 4) is 5.75 Å². The summed E-state index contributed by atoms with van der Waals surface area (Å²) in [7, 11) is 1.60. The predicted molar refractivity (Wildman–Crippen MR) is 105 cm³/mol. The summed E-state index contributed by atoms with van der Waals surface area (Å²) in [5.74, 6) is 0.647. The van der Waals surface area contributed by atoms with Crippen LogP contribution < -0.4 is 15.4 Å². The van der Waals surface area contributed by atoms with Crippen LogP contribution in [0.3, 0.4) is 0 Å². The lowest BCUT2D eigenvalue weighted by atomic mass is 10.0. The number of methoxy groups -OCH3 is 1. The van der Waals surface area contributed by atoms with Crippen LogP contribution in [0.1, 0.15) is 23.2 Å². The number of hydrogen-bond donors (Lipinski definition) is 2. The van der Waals surface area contributed by atoms with E-state index in [4.69, 9.17) is 4.74 Å². The number of ether oxygens (including phenoxy) is 1. The molecule has 0 saturated carbocycles. The van der Waals surface area contributed by atoms with Crippen LogP contribution in [0.15, 0.2) is 54.6 Å². The van der Waals surface area contributed by atoms with Crippen LogP contribution in [-0.2, 0) is 4.79 Å². The second kappa shape index (κ2) is 9.19. The van der Waals surface area contributed by atoms with Gasteiger partial charge in [0.15, 0.2) is 0 Å². The van der Waals surface area contributed by atoms with E-state index in [-0.39, 0.29) is 17.9 Å². The molecule has 1 aliphatic rings. The lowest BCUT2D eigenvalue weighted by molar-refractivity contribution is -0.117. The monoisotopic (exact) mass is 367 g/mol. The predicted octanol–water partition coefficient (Wildman–Crippen LogP) is 2.53. The van der Waals surface area contributed by atoms with Crippen molar-refractivity contribution in [2.75, 3.05) is 32.1 Å². The number of hydrogen-bond acceptors (Lipinski definition) is 4. The largest absolute Gasteiger partial charge is 0.497 e. The lowest BCUT2D eigenvalue weighted by Crippen LogP contribution is -2.46. The number of amides is 2. The molecule has 0 radical (unpaired) electrons. The first-order valence-corrected chi connectivity index (χ1v) is 9.16. The highest BCUT2D eigenvalue weighted by Gasteiger charge is 2.22. The summed E-state index contributed by atoms with van der Waals surface area (Å²) in [6.45, 7) is 1.94. The quantitative estimate of drug-likeness (QED) is 0.823. The fraction of sp³-hybridized carbons (Fsp3) is 0.333. The van der Waals surface area contributed by atoms with Crippen LogP contribution >= 0.6 is 0 Å². The number of para-hydroxylation sites is 1. The van der Waals surface area contributed by atoms with Gasteiger partial charge in [-0.15, -0.1) is 0 Å². The first kappa shape index (κ1) is 18.9. The van der Waals surface area contributed by atoms with E-state index in [1.165, 1.54) is 0 Å². The minimum absolute atomic E-state index is 0.0121. The molecule has 1 heterocycles. The third kappa shape index (κ3) is 5.56. The maximum atomic E-state index is 12.3. The zero-order valence-corrected chi connectivity index (χ0v) is 15.5. The molecule has 0 aliphatic carbocycles. The van der Waals surface area contributed by atoms with Crippen molar-refractivity contribution < 1.29 is 14.3 Å². The van der Waals surface area contributed by atoms with Crippen LogP contribution in [0.25, 0.3) is 0 Å². The molecule has 0 bridgehead atoms. The number of piperidine rings is 1. The number of anilines is 1. The normalized spacial score (nSPS) is 15.1. The molecule has 0 aromatic heterocycles. The van der Waals surface area contributed by atoms with Gasteiger partial charge in [-0.25, -0.2) is 0 Å². The van der Waals surface area contributed by atoms with Crippen LogP contribution in [0, 0.1) is 0 Å². The molecule has 6 heteroatoms. The molecule has 1 saturated heterocycles. The van der Waals surface area contributed by atoms with Gasteiger partial charge in [-0.05, 0) is 49.2 Å². The molecule has 142 valence electrons. The topological polar surface area (TPSA) is 70.7 Å². The van der Waals surface area contributed by atoms with E-state index in [0.717, 1.165) is 37.4 Å². The molecule has 1 fully saturated rings. The van der Waals surface area contributed by atoms with Crippen LogP contribution in [-0.4, -0.2) is 49.5 Å². The lowest BCUT2D eigenvalue weighted by Gasteiger charge is -2.31. The molecule has 0 spiro atoms. The first-order chi connectivity index (χ1) is 13.1. The Labute approximate surface area is 159 Å². The van der Waals surface area contributed by atoms with Crippen molar-refractivity contribution in [2.45, 2.75) is 18.9 Å². The third-order valence-corrected chi connectivity index (χ3v) is 4.70. The minimum atomic E-state index is -0.0714. The highest BCUT2D eigenvalue weighted by Crippen LogP contribution is 2.14. The summed E-state index contributed by atoms with van der Waals surface area (Å²) in [5.41, 5.74) is 1.43. The van der Waals surface area contributed by atoms with Gasteiger partial charge in [-0.2, -0.15) is 0 Å². The Morgan fingerprint density at radius 1 is 1.04 bits per heavy atom. The van der Waals surface area contributed by atoms with Gasteiger partial charge in [0.2, 0.25) is 5.91 Å². The van der Waals surface area contributed by atoms with Gasteiger partial charge in [-0.3, -0.25) is 14.5 Å². The van der Waals surface area contributed by atoms with Crippen molar-refractivity contribution in [3.05, 3.63) is 60.2 Å². The van der Waals surface area contributed by atoms with E-state index in [1.807, 2.05) is 30.3 Å². The Kier molecular flexibility index (Phi) is 6.44. The summed E-state index contributed by atoms with van der Waals surface area (Å²) in [6, 6.07) is 16.7. The summed E-state index contributed by atoms with van der Waals surface area (Å²) in [5, 5.41) is 5.98. The molecule has 0 atom stereocenters. The molecule has 6 nitrogen and oxygen atoms in total. The van der Waals surface area contributed by atoms with Crippen LogP contribution in [0.4, 0.5) is 5.69 Å². The van der Waals surface area contributed by atoms with Gasteiger partial charge in [-0.1, -0.05) is 18.2 Å². The van der Waals surface area contributed by atoms with Crippen molar-refractivity contribution in [2.24, 2.45) is 0 Å². The Bertz CT molecular complexity index is 754. The smallest absolute Gasteiger partial charge is 0.251 e. The molecule has 27 heavy (non-hydrogen) atoms. The Morgan fingerprint density at radius 3 is 2.33 bits per heavy atom. The van der Waals surface area contributed by atoms with E-state index >= 15 is 0 Å². The molecule has 2 amide bonds. The second-order valence-corrected chi connectivity index (χ2v) is 6.67. The zero-order valence-electron chi connectivity index (χ0n) is 15.5. The second-order valence-electron chi connectivity index (χ2n) is 6.67. The molecular formula is C21H25N3O3. The summed E-state index contributed by atoms with van der Waals surface area (Å²) in [6.07, 6.45) is 1.67. The maximum Gasteiger partial charge on any atom is 0.251 e. The number of carbonyl (C=O) groups is 2. The van der Waals surface area contributed by atoms with E-state index < -0.39 is 0 Å². The van der Waals surface area contributed by atoms with Crippen molar-refractivity contribution >= 4 is 17.5 Å². The average Bonchev–Trinajstić information content (AvgIpc) is 2.70. The molecule has 2 aromatic rings. The van der Waals surface area contributed by atoms with Gasteiger partial charge >= 0.3 is 0 Å². The summed E-state index contributed by atoms with van der Waals surface area (Å²) in [4.78, 5) is 26.6. The van der Waals surface area contributed by atoms with E-state index in [1.54, 1.807) is 31.4 Å². The average molecular weight is 367 g/mol. The number of likely N-dealkylation sites (tertiary alicyclic amines) is 1. The number of nitrogens with zero attached hydrogens (tertiary/aromatic N) is 1. The number of nitrogens with one attached hydrogen (secondary N) is 2. The minimum Gasteiger partial charge on any atom is -0.497 e. The highest BCUT2D eigenvalue weighted by molar-refractivity contribution is 5.94. The van der Waals surface area contributed by atoms with Gasteiger partial charge < -0.3 is 15.4 Å². The summed E-state index contributed by atoms with van der Waals surface area (Å²) >= 11 is 0. The van der Waals surface area contributed by atoms with Crippen molar-refractivity contribution in [1.82, 2.24) is 10.2 Å². The third-order valence-electron chi connectivity index (χ3n) is 4.70. The van der Waals surface area contributed by atoms with Crippen LogP contribution in [0.5, 0.6) is 5.75 Å². The standard InChI is InChI=1S/C21H25N3O3/c1-27-19-9-7-16(8-10-19)21(26)23-18-11-13-24(14-12-18)15-20(25)22-17-5-3-2-4-6-17/h2-10,18H,11-15H2,1H3,(H,22,25)(H,23,26). The Balaban J connectivity index is 1.41.